The Labute approximate surface area is 147 Å². The number of aromatic amines is 1. The van der Waals surface area contributed by atoms with Crippen molar-refractivity contribution in [2.75, 3.05) is 0 Å². The van der Waals surface area contributed by atoms with E-state index < -0.39 is 23.3 Å². The van der Waals surface area contributed by atoms with E-state index in [4.69, 9.17) is 5.11 Å². The zero-order valence-electron chi connectivity index (χ0n) is 13.3. The van der Waals surface area contributed by atoms with Crippen molar-refractivity contribution in [3.05, 3.63) is 63.9 Å². The molecule has 0 fully saturated rings. The SMILES string of the molecule is O=C(O)c1ccc2c(=O)nc3c(-c4cccc(C(F)(F)F)c4)n[nH]n3c2c1. The first-order chi connectivity index (χ1) is 12.8. The van der Waals surface area contributed by atoms with Gasteiger partial charge in [0.25, 0.3) is 5.56 Å². The molecule has 4 aromatic rings. The van der Waals surface area contributed by atoms with Crippen molar-refractivity contribution in [2.45, 2.75) is 6.18 Å². The Morgan fingerprint density at radius 2 is 1.93 bits per heavy atom. The fourth-order valence-electron chi connectivity index (χ4n) is 2.80. The first-order valence-corrected chi connectivity index (χ1v) is 7.57. The Bertz CT molecular complexity index is 1270. The molecule has 0 saturated carbocycles. The van der Waals surface area contributed by atoms with Crippen molar-refractivity contribution in [3.63, 3.8) is 0 Å². The van der Waals surface area contributed by atoms with Gasteiger partial charge >= 0.3 is 12.1 Å². The second-order valence-corrected chi connectivity index (χ2v) is 5.75. The van der Waals surface area contributed by atoms with Gasteiger partial charge in [0.15, 0.2) is 5.65 Å². The molecule has 10 heteroatoms. The van der Waals surface area contributed by atoms with Gasteiger partial charge in [-0.15, -0.1) is 0 Å². The molecule has 0 amide bonds. The minimum atomic E-state index is -4.53. The Hall–Kier alpha value is -3.69. The van der Waals surface area contributed by atoms with E-state index in [1.54, 1.807) is 0 Å². The van der Waals surface area contributed by atoms with Crippen molar-refractivity contribution in [1.29, 1.82) is 0 Å². The monoisotopic (exact) mass is 374 g/mol. The number of alkyl halides is 3. The molecule has 27 heavy (non-hydrogen) atoms. The highest BCUT2D eigenvalue weighted by Gasteiger charge is 2.31. The van der Waals surface area contributed by atoms with Gasteiger partial charge < -0.3 is 5.11 Å². The third-order valence-electron chi connectivity index (χ3n) is 4.07. The second kappa shape index (κ2) is 5.66. The summed E-state index contributed by atoms with van der Waals surface area (Å²) >= 11 is 0. The molecule has 0 aliphatic carbocycles. The quantitative estimate of drug-likeness (QED) is 0.562. The van der Waals surface area contributed by atoms with E-state index in [0.29, 0.717) is 0 Å². The first kappa shape index (κ1) is 16.8. The third kappa shape index (κ3) is 2.71. The molecule has 2 heterocycles. The number of carboxylic acid groups (broad SMARTS) is 1. The smallest absolute Gasteiger partial charge is 0.416 e. The van der Waals surface area contributed by atoms with Crippen LogP contribution in [0.25, 0.3) is 27.8 Å². The minimum Gasteiger partial charge on any atom is -0.478 e. The van der Waals surface area contributed by atoms with Gasteiger partial charge in [0.05, 0.1) is 22.0 Å². The lowest BCUT2D eigenvalue weighted by atomic mass is 10.1. The van der Waals surface area contributed by atoms with Gasteiger partial charge in [0.1, 0.15) is 5.69 Å². The molecule has 2 aromatic heterocycles. The second-order valence-electron chi connectivity index (χ2n) is 5.75. The molecule has 0 atom stereocenters. The molecule has 0 radical (unpaired) electrons. The van der Waals surface area contributed by atoms with Crippen LogP contribution >= 0.6 is 0 Å². The minimum absolute atomic E-state index is 0.00522. The molecular weight excluding hydrogens is 365 g/mol. The fourth-order valence-corrected chi connectivity index (χ4v) is 2.80. The van der Waals surface area contributed by atoms with E-state index >= 15 is 0 Å². The van der Waals surface area contributed by atoms with E-state index in [1.165, 1.54) is 34.8 Å². The largest absolute Gasteiger partial charge is 0.478 e. The molecule has 7 nitrogen and oxygen atoms in total. The normalized spacial score (nSPS) is 12.0. The number of aromatic nitrogens is 4. The zero-order chi connectivity index (χ0) is 19.3. The maximum absolute atomic E-state index is 13.0. The molecule has 0 aliphatic heterocycles. The van der Waals surface area contributed by atoms with Crippen molar-refractivity contribution < 1.29 is 23.1 Å². The average Bonchev–Trinajstić information content (AvgIpc) is 3.04. The Morgan fingerprint density at radius 1 is 1.15 bits per heavy atom. The number of H-pyrrole nitrogens is 1. The summed E-state index contributed by atoms with van der Waals surface area (Å²) in [4.78, 5) is 27.4. The maximum Gasteiger partial charge on any atom is 0.416 e. The zero-order valence-corrected chi connectivity index (χ0v) is 13.3. The average molecular weight is 374 g/mol. The lowest BCUT2D eigenvalue weighted by Gasteiger charge is -2.07. The number of nitrogens with zero attached hydrogens (tertiary/aromatic N) is 3. The number of aromatic carboxylic acids is 1. The van der Waals surface area contributed by atoms with Gasteiger partial charge in [-0.3, -0.25) is 4.79 Å². The number of hydrogen-bond donors (Lipinski definition) is 2. The topological polar surface area (TPSA) is 100 Å². The van der Waals surface area contributed by atoms with Crippen molar-refractivity contribution in [3.8, 4) is 11.3 Å². The number of hydrogen-bond acceptors (Lipinski definition) is 4. The van der Waals surface area contributed by atoms with E-state index in [2.05, 4.69) is 15.3 Å². The molecule has 136 valence electrons. The summed E-state index contributed by atoms with van der Waals surface area (Å²) in [5, 5.41) is 15.8. The Balaban J connectivity index is 2.01. The highest BCUT2D eigenvalue weighted by atomic mass is 19.4. The fraction of sp³-hybridized carbons (Fsp3) is 0.0588. The van der Waals surface area contributed by atoms with E-state index in [0.717, 1.165) is 12.1 Å². The number of halogens is 3. The van der Waals surface area contributed by atoms with Crippen LogP contribution in [-0.2, 0) is 6.18 Å². The molecule has 0 bridgehead atoms. The highest BCUT2D eigenvalue weighted by Crippen LogP contribution is 2.32. The van der Waals surface area contributed by atoms with Crippen LogP contribution in [0.15, 0.2) is 47.3 Å². The summed E-state index contributed by atoms with van der Waals surface area (Å²) in [6.45, 7) is 0. The molecule has 0 aliphatic rings. The van der Waals surface area contributed by atoms with Crippen LogP contribution in [-0.4, -0.2) is 30.9 Å². The van der Waals surface area contributed by atoms with E-state index in [-0.39, 0.29) is 33.4 Å². The van der Waals surface area contributed by atoms with Crippen LogP contribution in [0, 0.1) is 0 Å². The predicted molar refractivity (Wildman–Crippen MR) is 88.5 cm³/mol. The number of carbonyl (C=O) groups is 1. The molecule has 2 aromatic carbocycles. The Kier molecular flexibility index (Phi) is 3.51. The summed E-state index contributed by atoms with van der Waals surface area (Å²) < 4.78 is 40.1. The lowest BCUT2D eigenvalue weighted by molar-refractivity contribution is -0.137. The van der Waals surface area contributed by atoms with Gasteiger partial charge in [0, 0.05) is 5.56 Å². The highest BCUT2D eigenvalue weighted by molar-refractivity contribution is 5.94. The van der Waals surface area contributed by atoms with Gasteiger partial charge in [-0.2, -0.15) is 23.3 Å². The molecule has 4 rings (SSSR count). The number of benzene rings is 2. The summed E-state index contributed by atoms with van der Waals surface area (Å²) in [5.41, 5.74) is -1.21. The van der Waals surface area contributed by atoms with Gasteiger partial charge in [-0.05, 0) is 30.3 Å². The van der Waals surface area contributed by atoms with Crippen LogP contribution in [0.3, 0.4) is 0 Å². The summed E-state index contributed by atoms with van der Waals surface area (Å²) in [6.07, 6.45) is -4.53. The molecular formula is C17H9F3N4O3. The van der Waals surface area contributed by atoms with Crippen LogP contribution in [0.5, 0.6) is 0 Å². The standard InChI is InChI=1S/C17H9F3N4O3/c18-17(19,20)10-3-1-2-8(6-10)13-14-21-15(25)11-5-4-9(16(26)27)7-12(11)24(14)23-22-13/h1-7,23H,(H,26,27). The van der Waals surface area contributed by atoms with Crippen LogP contribution in [0.2, 0.25) is 0 Å². The van der Waals surface area contributed by atoms with Gasteiger partial charge in [-0.1, -0.05) is 12.1 Å². The number of nitrogens with one attached hydrogen (secondary N) is 1. The molecule has 0 spiro atoms. The number of fused-ring (bicyclic) bond motifs is 3. The van der Waals surface area contributed by atoms with Gasteiger partial charge in [0.2, 0.25) is 0 Å². The molecule has 0 unspecified atom stereocenters. The molecule has 0 saturated heterocycles. The third-order valence-corrected chi connectivity index (χ3v) is 4.07. The van der Waals surface area contributed by atoms with Crippen molar-refractivity contribution in [2.24, 2.45) is 0 Å². The summed E-state index contributed by atoms with van der Waals surface area (Å²) in [6, 6.07) is 8.32. The predicted octanol–water partition coefficient (Wildman–Crippen LogP) is 2.95. The van der Waals surface area contributed by atoms with Crippen molar-refractivity contribution in [1.82, 2.24) is 19.8 Å². The maximum atomic E-state index is 13.0. The first-order valence-electron chi connectivity index (χ1n) is 7.57. The van der Waals surface area contributed by atoms with E-state index in [1.807, 2.05) is 0 Å². The van der Waals surface area contributed by atoms with Crippen LogP contribution in [0.1, 0.15) is 15.9 Å². The lowest BCUT2D eigenvalue weighted by Crippen LogP contribution is -2.11. The number of carboxylic acids is 1. The van der Waals surface area contributed by atoms with Crippen molar-refractivity contribution >= 4 is 22.5 Å². The van der Waals surface area contributed by atoms with Gasteiger partial charge in [-0.25, -0.2) is 14.5 Å². The number of rotatable bonds is 2. The summed E-state index contributed by atoms with van der Waals surface area (Å²) in [7, 11) is 0. The molecule has 2 N–H and O–H groups in total. The van der Waals surface area contributed by atoms with Crippen LogP contribution in [0.4, 0.5) is 13.2 Å². The Morgan fingerprint density at radius 3 is 2.63 bits per heavy atom. The van der Waals surface area contributed by atoms with Crippen LogP contribution < -0.4 is 5.56 Å². The summed E-state index contributed by atoms with van der Waals surface area (Å²) in [5.74, 6) is -1.19. The van der Waals surface area contributed by atoms with E-state index in [9.17, 15) is 22.8 Å².